The van der Waals surface area contributed by atoms with Gasteiger partial charge in [-0.1, -0.05) is 12.1 Å². The van der Waals surface area contributed by atoms with Crippen molar-refractivity contribution in [1.29, 1.82) is 0 Å². The molecular weight excluding hydrogens is 358 g/mol. The lowest BCUT2D eigenvalue weighted by Crippen LogP contribution is -2.57. The van der Waals surface area contributed by atoms with Crippen LogP contribution in [0.3, 0.4) is 0 Å². The van der Waals surface area contributed by atoms with Crippen LogP contribution in [-0.2, 0) is 17.9 Å². The number of rotatable bonds is 8. The first kappa shape index (κ1) is 20.1. The molecule has 1 aliphatic heterocycles. The topological polar surface area (TPSA) is 83.9 Å². The molecule has 7 nitrogen and oxygen atoms in total. The predicted octanol–water partition coefficient (Wildman–Crippen LogP) is 1.74. The number of aromatic nitrogens is 1. The quantitative estimate of drug-likeness (QED) is 0.720. The average Bonchev–Trinajstić information content (AvgIpc) is 2.72. The van der Waals surface area contributed by atoms with E-state index in [-0.39, 0.29) is 12.5 Å². The Balaban J connectivity index is 1.66. The molecule has 1 amide bonds. The average molecular weight is 385 g/mol. The van der Waals surface area contributed by atoms with Crippen LogP contribution in [0, 0.1) is 0 Å². The molecule has 2 aromatic rings. The molecule has 2 heterocycles. The van der Waals surface area contributed by atoms with Gasteiger partial charge in [0, 0.05) is 44.1 Å². The third kappa shape index (κ3) is 4.43. The highest BCUT2D eigenvalue weighted by Gasteiger charge is 2.42. The molecule has 0 saturated carbocycles. The lowest BCUT2D eigenvalue weighted by Gasteiger charge is -2.38. The predicted molar refractivity (Wildman–Crippen MR) is 105 cm³/mol. The number of ether oxygens (including phenoxy) is 2. The normalized spacial score (nSPS) is 19.5. The fourth-order valence-corrected chi connectivity index (χ4v) is 3.58. The van der Waals surface area contributed by atoms with Crippen LogP contribution < -0.4 is 14.8 Å². The minimum atomic E-state index is -1.41. The zero-order chi connectivity index (χ0) is 20.0. The highest BCUT2D eigenvalue weighted by molar-refractivity contribution is 5.86. The van der Waals surface area contributed by atoms with Gasteiger partial charge >= 0.3 is 0 Å². The maximum absolute atomic E-state index is 13.0. The summed E-state index contributed by atoms with van der Waals surface area (Å²) in [6.45, 7) is 1.75. The summed E-state index contributed by atoms with van der Waals surface area (Å²) in [6, 6.07) is 9.40. The number of carbonyl (C=O) groups is 1. The summed E-state index contributed by atoms with van der Waals surface area (Å²) >= 11 is 0. The summed E-state index contributed by atoms with van der Waals surface area (Å²) in [5, 5.41) is 14.2. The molecule has 1 fully saturated rings. The molecule has 1 saturated heterocycles. The van der Waals surface area contributed by atoms with Crippen molar-refractivity contribution in [2.24, 2.45) is 0 Å². The largest absolute Gasteiger partial charge is 0.493 e. The number of aliphatic hydroxyl groups is 1. The van der Waals surface area contributed by atoms with Gasteiger partial charge in [0.05, 0.1) is 14.2 Å². The molecule has 0 aliphatic carbocycles. The molecule has 3 rings (SSSR count). The fourth-order valence-electron chi connectivity index (χ4n) is 3.58. The van der Waals surface area contributed by atoms with E-state index in [2.05, 4.69) is 10.3 Å². The van der Waals surface area contributed by atoms with Crippen LogP contribution in [0.1, 0.15) is 24.0 Å². The van der Waals surface area contributed by atoms with Gasteiger partial charge in [-0.25, -0.2) is 0 Å². The van der Waals surface area contributed by atoms with E-state index >= 15 is 0 Å². The van der Waals surface area contributed by atoms with Crippen LogP contribution in [0.25, 0.3) is 0 Å². The second-order valence-electron chi connectivity index (χ2n) is 6.97. The molecule has 1 aromatic heterocycles. The van der Waals surface area contributed by atoms with Crippen molar-refractivity contribution in [3.05, 3.63) is 53.9 Å². The van der Waals surface area contributed by atoms with E-state index in [1.165, 1.54) is 0 Å². The molecule has 0 radical (unpaired) electrons. The van der Waals surface area contributed by atoms with E-state index in [0.717, 1.165) is 17.5 Å². The Kier molecular flexibility index (Phi) is 6.49. The minimum Gasteiger partial charge on any atom is -0.493 e. The number of carbonyl (C=O) groups excluding carboxylic acids is 1. The number of hydrogen-bond acceptors (Lipinski definition) is 6. The Morgan fingerprint density at radius 1 is 1.21 bits per heavy atom. The molecule has 7 heteroatoms. The first-order chi connectivity index (χ1) is 13.6. The summed E-state index contributed by atoms with van der Waals surface area (Å²) in [5.74, 6) is 0.979. The summed E-state index contributed by atoms with van der Waals surface area (Å²) in [7, 11) is 3.17. The Labute approximate surface area is 165 Å². The SMILES string of the molecule is COc1cccc(CN2CCCC(O)(CNCc3ccncc3)C2=O)c1OC. The van der Waals surface area contributed by atoms with Crippen LogP contribution in [0.4, 0.5) is 0 Å². The standard InChI is InChI=1S/C21H27N3O4/c1-27-18-6-3-5-17(19(18)28-2)14-24-12-4-9-21(26,20(24)25)15-23-13-16-7-10-22-11-8-16/h3,5-8,10-11,23,26H,4,9,12-15H2,1-2H3. The lowest BCUT2D eigenvalue weighted by atomic mass is 9.91. The molecule has 1 aromatic carbocycles. The van der Waals surface area contributed by atoms with Gasteiger partial charge in [0.1, 0.15) is 0 Å². The van der Waals surface area contributed by atoms with Gasteiger partial charge in [-0.3, -0.25) is 9.78 Å². The Morgan fingerprint density at radius 3 is 2.71 bits per heavy atom. The van der Waals surface area contributed by atoms with Crippen molar-refractivity contribution in [3.63, 3.8) is 0 Å². The number of benzene rings is 1. The Morgan fingerprint density at radius 2 is 2.00 bits per heavy atom. The molecule has 1 atom stereocenters. The molecule has 150 valence electrons. The van der Waals surface area contributed by atoms with Gasteiger partial charge in [0.2, 0.25) is 0 Å². The van der Waals surface area contributed by atoms with E-state index in [1.807, 2.05) is 30.3 Å². The van der Waals surface area contributed by atoms with E-state index < -0.39 is 5.60 Å². The maximum Gasteiger partial charge on any atom is 0.256 e. The second-order valence-corrected chi connectivity index (χ2v) is 6.97. The first-order valence-electron chi connectivity index (χ1n) is 9.38. The Hall–Kier alpha value is -2.64. The zero-order valence-corrected chi connectivity index (χ0v) is 16.4. The van der Waals surface area contributed by atoms with Gasteiger partial charge in [0.15, 0.2) is 17.1 Å². The third-order valence-corrected chi connectivity index (χ3v) is 5.05. The van der Waals surface area contributed by atoms with Crippen LogP contribution in [0.2, 0.25) is 0 Å². The molecule has 1 aliphatic rings. The van der Waals surface area contributed by atoms with Crippen LogP contribution in [0.15, 0.2) is 42.7 Å². The zero-order valence-electron chi connectivity index (χ0n) is 16.4. The fraction of sp³-hybridized carbons (Fsp3) is 0.429. The van der Waals surface area contributed by atoms with Crippen molar-refractivity contribution < 1.29 is 19.4 Å². The number of para-hydroxylation sites is 1. The number of hydrogen-bond donors (Lipinski definition) is 2. The number of pyridine rings is 1. The third-order valence-electron chi connectivity index (χ3n) is 5.05. The van der Waals surface area contributed by atoms with Crippen molar-refractivity contribution in [1.82, 2.24) is 15.2 Å². The van der Waals surface area contributed by atoms with Crippen molar-refractivity contribution in [2.75, 3.05) is 27.3 Å². The highest BCUT2D eigenvalue weighted by Crippen LogP contribution is 2.33. The van der Waals surface area contributed by atoms with Crippen molar-refractivity contribution in [3.8, 4) is 11.5 Å². The van der Waals surface area contributed by atoms with E-state index in [9.17, 15) is 9.90 Å². The second kappa shape index (κ2) is 9.03. The van der Waals surface area contributed by atoms with Gasteiger partial charge < -0.3 is 24.8 Å². The van der Waals surface area contributed by atoms with E-state index in [0.29, 0.717) is 37.6 Å². The molecule has 2 N–H and O–H groups in total. The Bertz CT molecular complexity index is 799. The minimum absolute atomic E-state index is 0.208. The molecular formula is C21H27N3O4. The maximum atomic E-state index is 13.0. The number of amides is 1. The monoisotopic (exact) mass is 385 g/mol. The van der Waals surface area contributed by atoms with E-state index in [1.54, 1.807) is 31.5 Å². The molecule has 0 spiro atoms. The summed E-state index contributed by atoms with van der Waals surface area (Å²) in [5.41, 5.74) is 0.501. The summed E-state index contributed by atoms with van der Waals surface area (Å²) in [6.07, 6.45) is 4.63. The highest BCUT2D eigenvalue weighted by atomic mass is 16.5. The molecule has 28 heavy (non-hydrogen) atoms. The van der Waals surface area contributed by atoms with Crippen LogP contribution in [-0.4, -0.2) is 53.8 Å². The molecule has 1 unspecified atom stereocenters. The van der Waals surface area contributed by atoms with Gasteiger partial charge in [-0.2, -0.15) is 0 Å². The number of likely N-dealkylation sites (tertiary alicyclic amines) is 1. The van der Waals surface area contributed by atoms with E-state index in [4.69, 9.17) is 9.47 Å². The van der Waals surface area contributed by atoms with Gasteiger partial charge in [0.25, 0.3) is 5.91 Å². The smallest absolute Gasteiger partial charge is 0.256 e. The first-order valence-corrected chi connectivity index (χ1v) is 9.38. The summed E-state index contributed by atoms with van der Waals surface area (Å²) in [4.78, 5) is 18.7. The number of nitrogens with one attached hydrogen (secondary N) is 1. The van der Waals surface area contributed by atoms with Crippen molar-refractivity contribution in [2.45, 2.75) is 31.5 Å². The number of methoxy groups -OCH3 is 2. The van der Waals surface area contributed by atoms with Crippen LogP contribution in [0.5, 0.6) is 11.5 Å². The number of nitrogens with zero attached hydrogens (tertiary/aromatic N) is 2. The van der Waals surface area contributed by atoms with Crippen LogP contribution >= 0.6 is 0 Å². The van der Waals surface area contributed by atoms with Crippen molar-refractivity contribution >= 4 is 5.91 Å². The van der Waals surface area contributed by atoms with Gasteiger partial charge in [-0.15, -0.1) is 0 Å². The molecule has 0 bridgehead atoms. The van der Waals surface area contributed by atoms with Gasteiger partial charge in [-0.05, 0) is 36.6 Å². The lowest BCUT2D eigenvalue weighted by molar-refractivity contribution is -0.157. The number of piperidine rings is 1. The summed E-state index contributed by atoms with van der Waals surface area (Å²) < 4.78 is 10.8.